The normalized spacial score (nSPS) is 35.6. The van der Waals surface area contributed by atoms with Gasteiger partial charge in [-0.2, -0.15) is 0 Å². The number of amides is 1. The van der Waals surface area contributed by atoms with Crippen molar-refractivity contribution < 1.29 is 14.7 Å². The monoisotopic (exact) mass is 253 g/mol. The molecule has 0 bridgehead atoms. The molecule has 0 heterocycles. The van der Waals surface area contributed by atoms with Gasteiger partial charge in [-0.15, -0.1) is 0 Å². The SMILES string of the molecule is CC1CCCC1CNC(=O)C1CCCC1C(=O)O. The number of carbonyl (C=O) groups is 2. The fourth-order valence-corrected chi connectivity index (χ4v) is 3.46. The van der Waals surface area contributed by atoms with Crippen molar-refractivity contribution in [3.8, 4) is 0 Å². The molecule has 4 nitrogen and oxygen atoms in total. The lowest BCUT2D eigenvalue weighted by Crippen LogP contribution is -2.38. The van der Waals surface area contributed by atoms with Crippen molar-refractivity contribution in [2.75, 3.05) is 6.54 Å². The molecule has 2 saturated carbocycles. The Hall–Kier alpha value is -1.06. The summed E-state index contributed by atoms with van der Waals surface area (Å²) in [5.74, 6) is -0.367. The lowest BCUT2D eigenvalue weighted by molar-refractivity contribution is -0.146. The van der Waals surface area contributed by atoms with Crippen molar-refractivity contribution in [2.24, 2.45) is 23.7 Å². The molecule has 0 aliphatic heterocycles. The van der Waals surface area contributed by atoms with Crippen molar-refractivity contribution in [3.63, 3.8) is 0 Å². The van der Waals surface area contributed by atoms with Crippen LogP contribution in [0.1, 0.15) is 45.4 Å². The lowest BCUT2D eigenvalue weighted by Gasteiger charge is -2.19. The van der Waals surface area contributed by atoms with Gasteiger partial charge in [0.1, 0.15) is 0 Å². The summed E-state index contributed by atoms with van der Waals surface area (Å²) in [6.45, 7) is 2.96. The first-order valence-electron chi connectivity index (χ1n) is 7.10. The number of aliphatic carboxylic acids is 1. The van der Waals surface area contributed by atoms with Gasteiger partial charge in [-0.05, 0) is 31.1 Å². The van der Waals surface area contributed by atoms with E-state index in [1.165, 1.54) is 19.3 Å². The van der Waals surface area contributed by atoms with E-state index in [2.05, 4.69) is 12.2 Å². The Kier molecular flexibility index (Phi) is 4.25. The average molecular weight is 253 g/mol. The Bertz CT molecular complexity index is 329. The molecule has 4 heteroatoms. The van der Waals surface area contributed by atoms with Crippen LogP contribution < -0.4 is 5.32 Å². The second kappa shape index (κ2) is 5.72. The van der Waals surface area contributed by atoms with Crippen LogP contribution in [0.2, 0.25) is 0 Å². The molecule has 0 aromatic heterocycles. The molecule has 18 heavy (non-hydrogen) atoms. The number of carboxylic acids is 1. The van der Waals surface area contributed by atoms with Crippen LogP contribution in [-0.2, 0) is 9.59 Å². The number of carboxylic acid groups (broad SMARTS) is 1. The maximum absolute atomic E-state index is 12.0. The Morgan fingerprint density at radius 1 is 1.11 bits per heavy atom. The minimum Gasteiger partial charge on any atom is -0.481 e. The molecule has 0 saturated heterocycles. The molecule has 0 spiro atoms. The summed E-state index contributed by atoms with van der Waals surface area (Å²) in [5.41, 5.74) is 0. The number of nitrogens with one attached hydrogen (secondary N) is 1. The largest absolute Gasteiger partial charge is 0.481 e. The molecular formula is C14H23NO3. The predicted octanol–water partition coefficient (Wildman–Crippen LogP) is 2.04. The Morgan fingerprint density at radius 2 is 1.78 bits per heavy atom. The quantitative estimate of drug-likeness (QED) is 0.805. The van der Waals surface area contributed by atoms with Crippen LogP contribution in [0.25, 0.3) is 0 Å². The number of carbonyl (C=O) groups excluding carboxylic acids is 1. The maximum Gasteiger partial charge on any atom is 0.307 e. The highest BCUT2D eigenvalue weighted by Gasteiger charge is 2.38. The summed E-state index contributed by atoms with van der Waals surface area (Å²) in [6, 6.07) is 0. The van der Waals surface area contributed by atoms with Crippen molar-refractivity contribution >= 4 is 11.9 Å². The fourth-order valence-electron chi connectivity index (χ4n) is 3.46. The topological polar surface area (TPSA) is 66.4 Å². The van der Waals surface area contributed by atoms with E-state index in [9.17, 15) is 9.59 Å². The standard InChI is InChI=1S/C14H23NO3/c1-9-4-2-5-10(9)8-15-13(16)11-6-3-7-12(11)14(17)18/h9-12H,2-8H2,1H3,(H,15,16)(H,17,18). The number of rotatable bonds is 4. The van der Waals surface area contributed by atoms with E-state index in [0.717, 1.165) is 19.4 Å². The van der Waals surface area contributed by atoms with Crippen LogP contribution in [0.4, 0.5) is 0 Å². The first-order chi connectivity index (χ1) is 8.59. The highest BCUT2D eigenvalue weighted by molar-refractivity contribution is 5.85. The average Bonchev–Trinajstić information content (AvgIpc) is 2.94. The van der Waals surface area contributed by atoms with E-state index >= 15 is 0 Å². The molecular weight excluding hydrogens is 230 g/mol. The summed E-state index contributed by atoms with van der Waals surface area (Å²) in [4.78, 5) is 23.1. The van der Waals surface area contributed by atoms with Crippen molar-refractivity contribution in [1.82, 2.24) is 5.32 Å². The first kappa shape index (κ1) is 13.4. The summed E-state index contributed by atoms with van der Waals surface area (Å²) >= 11 is 0. The molecule has 4 atom stereocenters. The molecule has 2 fully saturated rings. The van der Waals surface area contributed by atoms with Gasteiger partial charge >= 0.3 is 5.97 Å². The van der Waals surface area contributed by atoms with Crippen LogP contribution in [0, 0.1) is 23.7 Å². The van der Waals surface area contributed by atoms with Gasteiger partial charge in [-0.25, -0.2) is 0 Å². The third-order valence-electron chi connectivity index (χ3n) is 4.75. The second-order valence-corrected chi connectivity index (χ2v) is 5.90. The van der Waals surface area contributed by atoms with Crippen molar-refractivity contribution in [1.29, 1.82) is 0 Å². The molecule has 2 aliphatic carbocycles. The zero-order valence-electron chi connectivity index (χ0n) is 11.0. The summed E-state index contributed by atoms with van der Waals surface area (Å²) in [5, 5.41) is 12.1. The van der Waals surface area contributed by atoms with E-state index in [0.29, 0.717) is 18.3 Å². The van der Waals surface area contributed by atoms with E-state index in [1.807, 2.05) is 0 Å². The number of hydrogen-bond acceptors (Lipinski definition) is 2. The van der Waals surface area contributed by atoms with Crippen LogP contribution in [-0.4, -0.2) is 23.5 Å². The summed E-state index contributed by atoms with van der Waals surface area (Å²) in [7, 11) is 0. The van der Waals surface area contributed by atoms with Crippen LogP contribution >= 0.6 is 0 Å². The summed E-state index contributed by atoms with van der Waals surface area (Å²) in [6.07, 6.45) is 5.92. The van der Waals surface area contributed by atoms with Gasteiger partial charge in [0.15, 0.2) is 0 Å². The van der Waals surface area contributed by atoms with Gasteiger partial charge in [-0.3, -0.25) is 9.59 Å². The van der Waals surface area contributed by atoms with E-state index < -0.39 is 11.9 Å². The predicted molar refractivity (Wildman–Crippen MR) is 68.0 cm³/mol. The van der Waals surface area contributed by atoms with Gasteiger partial charge in [0.25, 0.3) is 0 Å². The minimum absolute atomic E-state index is 0.0426. The van der Waals surface area contributed by atoms with Crippen LogP contribution in [0.15, 0.2) is 0 Å². The highest BCUT2D eigenvalue weighted by atomic mass is 16.4. The van der Waals surface area contributed by atoms with Crippen molar-refractivity contribution in [3.05, 3.63) is 0 Å². The molecule has 2 N–H and O–H groups in total. The van der Waals surface area contributed by atoms with Crippen LogP contribution in [0.3, 0.4) is 0 Å². The molecule has 0 aromatic carbocycles. The molecule has 2 rings (SSSR count). The lowest BCUT2D eigenvalue weighted by atomic mass is 9.94. The minimum atomic E-state index is -0.818. The summed E-state index contributed by atoms with van der Waals surface area (Å²) < 4.78 is 0. The molecule has 0 radical (unpaired) electrons. The van der Waals surface area contributed by atoms with E-state index in [4.69, 9.17) is 5.11 Å². The Morgan fingerprint density at radius 3 is 2.39 bits per heavy atom. The molecule has 2 aliphatic rings. The number of hydrogen-bond donors (Lipinski definition) is 2. The van der Waals surface area contributed by atoms with Crippen molar-refractivity contribution in [2.45, 2.75) is 45.4 Å². The van der Waals surface area contributed by atoms with Crippen LogP contribution in [0.5, 0.6) is 0 Å². The molecule has 102 valence electrons. The molecule has 4 unspecified atom stereocenters. The maximum atomic E-state index is 12.0. The Balaban J connectivity index is 1.82. The van der Waals surface area contributed by atoms with E-state index in [1.54, 1.807) is 0 Å². The Labute approximate surface area is 108 Å². The smallest absolute Gasteiger partial charge is 0.307 e. The van der Waals surface area contributed by atoms with Gasteiger partial charge in [0, 0.05) is 6.54 Å². The van der Waals surface area contributed by atoms with Gasteiger partial charge in [0.2, 0.25) is 5.91 Å². The molecule has 0 aromatic rings. The van der Waals surface area contributed by atoms with E-state index in [-0.39, 0.29) is 11.8 Å². The first-order valence-corrected chi connectivity index (χ1v) is 7.10. The van der Waals surface area contributed by atoms with Gasteiger partial charge in [0.05, 0.1) is 11.8 Å². The molecule has 1 amide bonds. The fraction of sp³-hybridized carbons (Fsp3) is 0.857. The highest BCUT2D eigenvalue weighted by Crippen LogP contribution is 2.33. The zero-order chi connectivity index (χ0) is 13.1. The third kappa shape index (κ3) is 2.85. The second-order valence-electron chi connectivity index (χ2n) is 5.90. The van der Waals surface area contributed by atoms with Gasteiger partial charge in [-0.1, -0.05) is 26.2 Å². The third-order valence-corrected chi connectivity index (χ3v) is 4.75. The van der Waals surface area contributed by atoms with Gasteiger partial charge < -0.3 is 10.4 Å². The zero-order valence-corrected chi connectivity index (χ0v) is 11.0.